The zero-order valence-electron chi connectivity index (χ0n) is 30.7. The Morgan fingerprint density at radius 3 is 1.27 bits per heavy atom. The van der Waals surface area contributed by atoms with E-state index >= 15 is 0 Å². The van der Waals surface area contributed by atoms with Gasteiger partial charge in [-0.2, -0.15) is 0 Å². The summed E-state index contributed by atoms with van der Waals surface area (Å²) >= 11 is 6.87. The third-order valence-electron chi connectivity index (χ3n) is 11.4. The van der Waals surface area contributed by atoms with Crippen molar-refractivity contribution in [3.63, 3.8) is 0 Å². The number of esters is 2. The Labute approximate surface area is 324 Å². The van der Waals surface area contributed by atoms with Gasteiger partial charge in [-0.1, -0.05) is 56.1 Å². The fourth-order valence-electron chi connectivity index (χ4n) is 7.95. The first-order chi connectivity index (χ1) is 24.9. The van der Waals surface area contributed by atoms with Gasteiger partial charge in [0.1, 0.15) is 11.2 Å². The third-order valence-corrected chi connectivity index (χ3v) is 12.4. The lowest BCUT2D eigenvalue weighted by Gasteiger charge is -2.46. The highest BCUT2D eigenvalue weighted by Gasteiger charge is 2.47. The Morgan fingerprint density at radius 1 is 0.654 bits per heavy atom. The van der Waals surface area contributed by atoms with Crippen molar-refractivity contribution in [2.75, 3.05) is 26.3 Å². The fourth-order valence-corrected chi connectivity index (χ4v) is 8.48. The van der Waals surface area contributed by atoms with Crippen LogP contribution in [0, 0.1) is 11.8 Å². The molecule has 0 unspecified atom stereocenters. The third kappa shape index (κ3) is 9.70. The number of carbonyl (C=O) groups excluding carboxylic acids is 4. The van der Waals surface area contributed by atoms with Crippen LogP contribution in [-0.4, -0.2) is 71.4 Å². The van der Waals surface area contributed by atoms with Crippen molar-refractivity contribution in [2.45, 2.75) is 115 Å². The molecule has 10 nitrogen and oxygen atoms in total. The van der Waals surface area contributed by atoms with E-state index in [9.17, 15) is 19.2 Å². The van der Waals surface area contributed by atoms with Crippen molar-refractivity contribution in [1.29, 1.82) is 0 Å². The summed E-state index contributed by atoms with van der Waals surface area (Å²) in [5, 5.41) is 0. The molecule has 52 heavy (non-hydrogen) atoms. The van der Waals surface area contributed by atoms with Gasteiger partial charge >= 0.3 is 24.1 Å². The number of nitrogens with zero attached hydrogens (tertiary/aromatic N) is 2. The summed E-state index contributed by atoms with van der Waals surface area (Å²) in [4.78, 5) is 52.8. The highest BCUT2D eigenvalue weighted by atomic mass is 79.9. The molecular formula is C40H52Br2N2O8. The maximum atomic E-state index is 12.7. The van der Waals surface area contributed by atoms with Crippen LogP contribution in [0.5, 0.6) is 0 Å². The van der Waals surface area contributed by atoms with Crippen molar-refractivity contribution in [2.24, 2.45) is 11.8 Å². The molecule has 0 bridgehead atoms. The quantitative estimate of drug-likeness (QED) is 0.191. The van der Waals surface area contributed by atoms with Crippen LogP contribution in [-0.2, 0) is 28.5 Å². The van der Waals surface area contributed by atoms with Crippen LogP contribution in [0.3, 0.4) is 0 Å². The maximum Gasteiger partial charge on any atom is 0.410 e. The predicted octanol–water partition coefficient (Wildman–Crippen LogP) is 9.69. The van der Waals surface area contributed by atoms with Crippen LogP contribution in [0.25, 0.3) is 0 Å². The average Bonchev–Trinajstić information content (AvgIpc) is 3.13. The molecular weight excluding hydrogens is 796 g/mol. The van der Waals surface area contributed by atoms with E-state index in [2.05, 4.69) is 31.9 Å². The first-order valence-electron chi connectivity index (χ1n) is 18.7. The normalized spacial score (nSPS) is 27.1. The van der Waals surface area contributed by atoms with Crippen LogP contribution in [0.2, 0.25) is 0 Å². The van der Waals surface area contributed by atoms with Gasteiger partial charge in [0.15, 0.2) is 0 Å². The van der Waals surface area contributed by atoms with Crippen LogP contribution < -0.4 is 0 Å². The van der Waals surface area contributed by atoms with E-state index in [0.717, 1.165) is 84.3 Å². The van der Waals surface area contributed by atoms with E-state index in [0.29, 0.717) is 26.3 Å². The Bertz CT molecular complexity index is 1420. The molecule has 284 valence electrons. The van der Waals surface area contributed by atoms with Crippen LogP contribution >= 0.6 is 31.9 Å². The number of rotatable bonds is 8. The number of carbonyl (C=O) groups is 4. The summed E-state index contributed by atoms with van der Waals surface area (Å²) in [7, 11) is 0. The van der Waals surface area contributed by atoms with Crippen molar-refractivity contribution in [3.8, 4) is 0 Å². The molecule has 0 radical (unpaired) electrons. The number of hydrogen-bond acceptors (Lipinski definition) is 8. The van der Waals surface area contributed by atoms with Gasteiger partial charge in [0.2, 0.25) is 0 Å². The Balaban J connectivity index is 0.000000201. The van der Waals surface area contributed by atoms with E-state index in [4.69, 9.17) is 18.9 Å². The largest absolute Gasteiger partial charge is 0.466 e. The second-order valence-corrected chi connectivity index (χ2v) is 16.3. The minimum Gasteiger partial charge on any atom is -0.466 e. The van der Waals surface area contributed by atoms with Gasteiger partial charge in [-0.3, -0.25) is 9.59 Å². The molecule has 2 heterocycles. The summed E-state index contributed by atoms with van der Waals surface area (Å²) < 4.78 is 24.1. The van der Waals surface area contributed by atoms with E-state index in [1.54, 1.807) is 9.80 Å². The number of benzene rings is 2. The molecule has 2 aliphatic carbocycles. The number of amides is 2. The predicted molar refractivity (Wildman–Crippen MR) is 203 cm³/mol. The zero-order valence-corrected chi connectivity index (χ0v) is 33.9. The van der Waals surface area contributed by atoms with E-state index in [1.165, 1.54) is 0 Å². The Kier molecular flexibility index (Phi) is 13.7. The van der Waals surface area contributed by atoms with E-state index in [1.807, 2.05) is 76.2 Å². The minimum absolute atomic E-state index is 0.0242. The molecule has 2 saturated heterocycles. The summed E-state index contributed by atoms with van der Waals surface area (Å²) in [5.74, 6) is -0.345. The lowest BCUT2D eigenvalue weighted by Crippen LogP contribution is -2.52. The van der Waals surface area contributed by atoms with Gasteiger partial charge in [0.05, 0.1) is 37.1 Å². The molecule has 12 heteroatoms. The highest BCUT2D eigenvalue weighted by molar-refractivity contribution is 9.10. The molecule has 6 rings (SSSR count). The fraction of sp³-hybridized carbons (Fsp3) is 0.600. The SMILES string of the molecule is CCOC(=O)C1CCC2(CC1)CCN([C@@H](C)c1ccc(Br)cc1)C(=O)O2.CCOC(=O)C1CCC2(CC1)CCN([C@@H](C)c1ccc(Br)cc1)C(=O)O2. The number of hydrogen-bond donors (Lipinski definition) is 0. The zero-order chi connectivity index (χ0) is 37.5. The molecule has 0 N–H and O–H groups in total. The van der Waals surface area contributed by atoms with Gasteiger partial charge in [0, 0.05) is 34.9 Å². The molecule has 2 saturated carbocycles. The topological polar surface area (TPSA) is 112 Å². The van der Waals surface area contributed by atoms with Gasteiger partial charge in [-0.15, -0.1) is 0 Å². The summed E-state index contributed by atoms with van der Waals surface area (Å²) in [6.45, 7) is 9.90. The lowest BCUT2D eigenvalue weighted by molar-refractivity contribution is -0.153. The average molecular weight is 849 g/mol. The Hall–Kier alpha value is -3.12. The van der Waals surface area contributed by atoms with Crippen LogP contribution in [0.4, 0.5) is 9.59 Å². The maximum absolute atomic E-state index is 12.7. The van der Waals surface area contributed by atoms with Gasteiger partial charge in [-0.05, 0) is 114 Å². The summed E-state index contributed by atoms with van der Waals surface area (Å²) in [5.41, 5.74) is 1.37. The molecule has 2 aliphatic heterocycles. The molecule has 2 spiro atoms. The molecule has 0 aromatic heterocycles. The van der Waals surface area contributed by atoms with Crippen LogP contribution in [0.15, 0.2) is 57.5 Å². The van der Waals surface area contributed by atoms with E-state index in [-0.39, 0.29) is 48.0 Å². The number of ether oxygens (including phenoxy) is 4. The standard InChI is InChI=1S/2C20H26BrNO4/c2*1-3-25-18(23)16-8-10-20(11-9-16)12-13-22(19(24)26-20)14(2)15-4-6-17(21)7-5-15/h2*4-7,14,16H,3,8-13H2,1-2H3/t2*14-,16?,20?/m00/s1. The smallest absolute Gasteiger partial charge is 0.410 e. The molecule has 2 atom stereocenters. The van der Waals surface area contributed by atoms with Crippen molar-refractivity contribution in [3.05, 3.63) is 68.6 Å². The second kappa shape index (κ2) is 17.8. The second-order valence-electron chi connectivity index (χ2n) is 14.5. The van der Waals surface area contributed by atoms with Gasteiger partial charge in [0.25, 0.3) is 0 Å². The molecule has 4 aliphatic rings. The Morgan fingerprint density at radius 2 is 0.981 bits per heavy atom. The van der Waals surface area contributed by atoms with Crippen molar-refractivity contribution < 1.29 is 38.1 Å². The summed E-state index contributed by atoms with van der Waals surface area (Å²) in [6, 6.07) is 16.0. The van der Waals surface area contributed by atoms with Crippen LogP contribution in [0.1, 0.15) is 115 Å². The molecule has 2 aromatic carbocycles. The first kappa shape index (κ1) is 40.1. The van der Waals surface area contributed by atoms with Gasteiger partial charge < -0.3 is 28.7 Å². The molecule has 2 amide bonds. The first-order valence-corrected chi connectivity index (χ1v) is 20.3. The van der Waals surface area contributed by atoms with Crippen molar-refractivity contribution >= 4 is 56.0 Å². The molecule has 4 fully saturated rings. The summed E-state index contributed by atoms with van der Waals surface area (Å²) in [6.07, 6.45) is 7.01. The van der Waals surface area contributed by atoms with Crippen molar-refractivity contribution in [1.82, 2.24) is 9.80 Å². The lowest BCUT2D eigenvalue weighted by atomic mass is 9.76. The minimum atomic E-state index is -0.407. The highest BCUT2D eigenvalue weighted by Crippen LogP contribution is 2.43. The van der Waals surface area contributed by atoms with E-state index < -0.39 is 11.2 Å². The monoisotopic (exact) mass is 846 g/mol. The van der Waals surface area contributed by atoms with Gasteiger partial charge in [-0.25, -0.2) is 9.59 Å². The molecule has 2 aromatic rings. The number of halogens is 2.